The van der Waals surface area contributed by atoms with Gasteiger partial charge in [0.25, 0.3) is 0 Å². The molecule has 0 fully saturated rings. The molecule has 0 saturated carbocycles. The van der Waals surface area contributed by atoms with Crippen LogP contribution in [0.15, 0.2) is 83.4 Å². The molecule has 0 aliphatic carbocycles. The predicted molar refractivity (Wildman–Crippen MR) is 164 cm³/mol. The first-order chi connectivity index (χ1) is 21.8. The molecule has 0 saturated heterocycles. The van der Waals surface area contributed by atoms with Crippen LogP contribution in [0, 0.1) is 13.8 Å². The van der Waals surface area contributed by atoms with Gasteiger partial charge >= 0.3 is 12.4 Å². The number of aromatic nitrogens is 4. The minimum atomic E-state index is -4.80. The highest BCUT2D eigenvalue weighted by atomic mass is 32.1. The summed E-state index contributed by atoms with van der Waals surface area (Å²) in [6.07, 6.45) is -8.00. The summed E-state index contributed by atoms with van der Waals surface area (Å²) in [5.41, 5.74) is 4.78. The van der Waals surface area contributed by atoms with Crippen LogP contribution >= 0.6 is 11.3 Å². The molecule has 14 heteroatoms. The highest BCUT2D eigenvalue weighted by Crippen LogP contribution is 2.28. The third kappa shape index (κ3) is 7.33. The summed E-state index contributed by atoms with van der Waals surface area (Å²) in [5, 5.41) is 8.13. The van der Waals surface area contributed by atoms with E-state index in [0.717, 1.165) is 34.6 Å². The molecule has 8 nitrogen and oxygen atoms in total. The number of hydrogen-bond acceptors (Lipinski definition) is 5. The molecule has 5 aromatic rings. The van der Waals surface area contributed by atoms with Crippen molar-refractivity contribution in [2.24, 2.45) is 4.99 Å². The first-order valence-electron chi connectivity index (χ1n) is 14.1. The number of nitrogens with zero attached hydrogens (tertiary/aromatic N) is 5. The molecule has 3 aromatic carbocycles. The highest BCUT2D eigenvalue weighted by molar-refractivity contribution is 7.07. The fourth-order valence-corrected chi connectivity index (χ4v) is 5.86. The number of benzene rings is 3. The summed E-state index contributed by atoms with van der Waals surface area (Å²) in [7, 11) is 0. The first-order valence-corrected chi connectivity index (χ1v) is 15.0. The monoisotopic (exact) mass is 656 g/mol. The lowest BCUT2D eigenvalue weighted by Crippen LogP contribution is -2.34. The molecule has 2 atom stereocenters. The van der Waals surface area contributed by atoms with Crippen molar-refractivity contribution in [1.82, 2.24) is 24.6 Å². The van der Waals surface area contributed by atoms with Crippen LogP contribution in [0.1, 0.15) is 48.3 Å². The average Bonchev–Trinajstić information content (AvgIpc) is 3.63. The smallest absolute Gasteiger partial charge is 0.406 e. The van der Waals surface area contributed by atoms with Crippen molar-refractivity contribution in [1.29, 1.82) is 0 Å². The summed E-state index contributed by atoms with van der Waals surface area (Å²) < 4.78 is 74.3. The number of nitrogens with one attached hydrogen (secondary N) is 1. The van der Waals surface area contributed by atoms with Crippen molar-refractivity contribution in [3.63, 3.8) is 0 Å². The van der Waals surface area contributed by atoms with Gasteiger partial charge in [-0.3, -0.25) is 4.57 Å². The molecule has 0 bridgehead atoms. The Morgan fingerprint density at radius 3 is 2.35 bits per heavy atom. The Kier molecular flexibility index (Phi) is 9.37. The Labute approximate surface area is 264 Å². The lowest BCUT2D eigenvalue weighted by Gasteiger charge is -2.18. The molecule has 5 rings (SSSR count). The topological polar surface area (TPSA) is 86.3 Å². The van der Waals surface area contributed by atoms with Crippen LogP contribution in [0.5, 0.6) is 5.75 Å². The molecule has 2 heterocycles. The number of aryl methyl sites for hydroxylation is 2. The van der Waals surface area contributed by atoms with Crippen LogP contribution in [0.3, 0.4) is 0 Å². The van der Waals surface area contributed by atoms with Crippen molar-refractivity contribution in [2.45, 2.75) is 52.4 Å². The van der Waals surface area contributed by atoms with Crippen LogP contribution in [0.2, 0.25) is 0 Å². The van der Waals surface area contributed by atoms with Crippen LogP contribution in [-0.2, 0) is 0 Å². The van der Waals surface area contributed by atoms with E-state index in [-0.39, 0.29) is 23.1 Å². The molecule has 2 amide bonds. The van der Waals surface area contributed by atoms with Crippen molar-refractivity contribution in [2.75, 3.05) is 0 Å². The van der Waals surface area contributed by atoms with Gasteiger partial charge in [-0.2, -0.15) is 4.99 Å². The summed E-state index contributed by atoms with van der Waals surface area (Å²) in [6.45, 7) is 8.04. The predicted octanol–water partition coefficient (Wildman–Crippen LogP) is 8.04. The third-order valence-corrected chi connectivity index (χ3v) is 7.97. The molecular formula is C32H29F5N6O2S. The van der Waals surface area contributed by atoms with E-state index in [4.69, 9.17) is 0 Å². The quantitative estimate of drug-likeness (QED) is 0.135. The van der Waals surface area contributed by atoms with E-state index < -0.39 is 24.9 Å². The van der Waals surface area contributed by atoms with Gasteiger partial charge in [0.1, 0.15) is 12.1 Å². The summed E-state index contributed by atoms with van der Waals surface area (Å²) in [4.78, 5) is 21.3. The number of alkyl halides is 5. The Morgan fingerprint density at radius 1 is 1.00 bits per heavy atom. The lowest BCUT2D eigenvalue weighted by molar-refractivity contribution is -0.274. The Morgan fingerprint density at radius 2 is 1.70 bits per heavy atom. The zero-order valence-corrected chi connectivity index (χ0v) is 25.9. The lowest BCUT2D eigenvalue weighted by atomic mass is 9.96. The van der Waals surface area contributed by atoms with Crippen LogP contribution in [-0.4, -0.2) is 38.0 Å². The summed E-state index contributed by atoms with van der Waals surface area (Å²) in [5.74, 6) is 0.0690. The third-order valence-electron chi connectivity index (χ3n) is 7.03. The first kappa shape index (κ1) is 32.5. The van der Waals surface area contributed by atoms with Gasteiger partial charge in [-0.15, -0.1) is 29.6 Å². The fraction of sp³-hybridized carbons (Fsp3) is 0.250. The minimum Gasteiger partial charge on any atom is -0.406 e. The largest absolute Gasteiger partial charge is 0.573 e. The minimum absolute atomic E-state index is 0.0281. The molecular weight excluding hydrogens is 627 g/mol. The second-order valence-corrected chi connectivity index (χ2v) is 11.5. The number of thiazole rings is 1. The van der Waals surface area contributed by atoms with E-state index in [1.54, 1.807) is 0 Å². The van der Waals surface area contributed by atoms with Crippen LogP contribution in [0.25, 0.3) is 22.8 Å². The van der Waals surface area contributed by atoms with Gasteiger partial charge in [-0.25, -0.2) is 23.2 Å². The van der Waals surface area contributed by atoms with Gasteiger partial charge in [0.05, 0.1) is 11.4 Å². The summed E-state index contributed by atoms with van der Waals surface area (Å²) in [6, 6.07) is 15.6. The zero-order chi connectivity index (χ0) is 33.2. The maximum Gasteiger partial charge on any atom is 0.573 e. The molecule has 0 spiro atoms. The molecule has 0 aliphatic rings. The van der Waals surface area contributed by atoms with Crippen molar-refractivity contribution in [3.05, 3.63) is 106 Å². The number of carbonyl (C=O) groups is 1. The van der Waals surface area contributed by atoms with E-state index in [0.29, 0.717) is 16.1 Å². The molecule has 2 unspecified atom stereocenters. The van der Waals surface area contributed by atoms with Gasteiger partial charge in [0, 0.05) is 16.6 Å². The van der Waals surface area contributed by atoms with Gasteiger partial charge in [0.2, 0.25) is 6.30 Å². The highest BCUT2D eigenvalue weighted by Gasteiger charge is 2.31. The Bertz CT molecular complexity index is 1900. The summed E-state index contributed by atoms with van der Waals surface area (Å²) >= 11 is 1.22. The number of amides is 2. The second kappa shape index (κ2) is 13.3. The maximum absolute atomic E-state index is 15.1. The van der Waals surface area contributed by atoms with Gasteiger partial charge in [-0.1, -0.05) is 50.2 Å². The van der Waals surface area contributed by atoms with Crippen LogP contribution < -0.4 is 14.9 Å². The van der Waals surface area contributed by atoms with Crippen molar-refractivity contribution >= 4 is 17.4 Å². The van der Waals surface area contributed by atoms with E-state index in [2.05, 4.69) is 33.7 Å². The fourth-order valence-electron chi connectivity index (χ4n) is 4.99. The van der Waals surface area contributed by atoms with Crippen LogP contribution in [0.4, 0.5) is 26.7 Å². The number of carbonyl (C=O) groups excluding carboxylic acids is 1. The molecule has 240 valence electrons. The van der Waals surface area contributed by atoms with Gasteiger partial charge in [-0.05, 0) is 66.8 Å². The van der Waals surface area contributed by atoms with Crippen molar-refractivity contribution in [3.8, 4) is 28.5 Å². The Balaban J connectivity index is 1.27. The number of ether oxygens (including phenoxy) is 1. The molecule has 46 heavy (non-hydrogen) atoms. The van der Waals surface area contributed by atoms with Gasteiger partial charge < -0.3 is 10.1 Å². The number of hydrogen-bond donors (Lipinski definition) is 1. The van der Waals surface area contributed by atoms with Crippen molar-refractivity contribution < 1.29 is 31.5 Å². The van der Waals surface area contributed by atoms with E-state index in [1.165, 1.54) is 58.7 Å². The second-order valence-electron chi connectivity index (χ2n) is 10.7. The average molecular weight is 657 g/mol. The van der Waals surface area contributed by atoms with E-state index in [9.17, 15) is 22.4 Å². The molecule has 0 aliphatic heterocycles. The SMILES string of the molecule is Cc1cccc(-n2c(C)csc2=NC(=O)NC(F)C(F)c2ccc(-c3ncn(-c4ccc(OC(F)(F)F)cc4)n3)cc2)c1C(C)C. The van der Waals surface area contributed by atoms with Gasteiger partial charge in [0.15, 0.2) is 16.8 Å². The molecule has 2 aromatic heterocycles. The molecule has 0 radical (unpaired) electrons. The normalized spacial score (nSPS) is 13.6. The van der Waals surface area contributed by atoms with E-state index in [1.807, 2.05) is 47.3 Å². The zero-order valence-electron chi connectivity index (χ0n) is 25.1. The standard InChI is InChI=1S/C32H29F5N6O2S/c1-18(2)26-19(3)6-5-7-25(26)43-20(4)16-46-31(43)40-30(44)39-28(34)27(33)21-8-10-22(11-9-21)29-38-17-42(41-29)23-12-14-24(15-13-23)45-32(35,36)37/h5-18,27-28H,1-4H3,(H,39,44). The number of rotatable bonds is 8. The maximum atomic E-state index is 15.1. The molecule has 1 N–H and O–H groups in total. The number of halogens is 5. The Hall–Kier alpha value is -4.85. The van der Waals surface area contributed by atoms with E-state index >= 15 is 4.39 Å². The number of urea groups is 1.